The van der Waals surface area contributed by atoms with Crippen molar-refractivity contribution in [1.82, 2.24) is 9.87 Å². The summed E-state index contributed by atoms with van der Waals surface area (Å²) in [6.45, 7) is 0. The van der Waals surface area contributed by atoms with Gasteiger partial charge in [-0.3, -0.25) is 4.98 Å². The van der Waals surface area contributed by atoms with E-state index in [1.807, 2.05) is 0 Å². The molecule has 0 saturated heterocycles. The van der Waals surface area contributed by atoms with Crippen LogP contribution in [0, 0.1) is 0 Å². The summed E-state index contributed by atoms with van der Waals surface area (Å²) in [5.41, 5.74) is 0. The molecule has 1 rings (SSSR count). The zero-order valence-corrected chi connectivity index (χ0v) is 6.25. The van der Waals surface area contributed by atoms with Crippen LogP contribution in [-0.4, -0.2) is 18.6 Å². The highest BCUT2D eigenvalue weighted by molar-refractivity contribution is 7.89. The van der Waals surface area contributed by atoms with Crippen molar-refractivity contribution >= 4 is 10.0 Å². The molecule has 0 aliphatic heterocycles. The van der Waals surface area contributed by atoms with Crippen LogP contribution in [0.1, 0.15) is 0 Å². The van der Waals surface area contributed by atoms with Crippen molar-refractivity contribution in [1.29, 1.82) is 0 Å². The highest BCUT2D eigenvalue weighted by Crippen LogP contribution is 2.03. The summed E-state index contributed by atoms with van der Waals surface area (Å²) >= 11 is 0. The van der Waals surface area contributed by atoms with Crippen molar-refractivity contribution in [2.75, 3.05) is 0 Å². The summed E-state index contributed by atoms with van der Waals surface area (Å²) in [5, 5.41) is 8.19. The van der Waals surface area contributed by atoms with Crippen molar-refractivity contribution in [2.45, 2.75) is 4.90 Å². The van der Waals surface area contributed by atoms with E-state index in [1.165, 1.54) is 29.4 Å². The van der Waals surface area contributed by atoms with Crippen LogP contribution in [0.15, 0.2) is 29.4 Å². The van der Waals surface area contributed by atoms with Gasteiger partial charge in [-0.15, -0.1) is 0 Å². The van der Waals surface area contributed by atoms with Gasteiger partial charge in [-0.2, -0.15) is 0 Å². The Hall–Kier alpha value is -0.980. The molecule has 1 aromatic heterocycles. The number of aromatic nitrogens is 1. The molecule has 1 heterocycles. The van der Waals surface area contributed by atoms with Crippen LogP contribution in [0.2, 0.25) is 0 Å². The van der Waals surface area contributed by atoms with Crippen molar-refractivity contribution in [3.8, 4) is 0 Å². The number of pyridine rings is 1. The fourth-order valence-electron chi connectivity index (χ4n) is 0.570. The third kappa shape index (κ3) is 1.73. The van der Waals surface area contributed by atoms with E-state index in [1.54, 1.807) is 0 Å². The topological polar surface area (TPSA) is 79.3 Å². The van der Waals surface area contributed by atoms with Crippen molar-refractivity contribution < 1.29 is 13.6 Å². The van der Waals surface area contributed by atoms with Gasteiger partial charge in [0.2, 0.25) is 0 Å². The van der Waals surface area contributed by atoms with Gasteiger partial charge in [0, 0.05) is 12.4 Å². The molecule has 0 spiro atoms. The SMILES string of the molecule is O=S(=O)(NO)c1ccncc1. The highest BCUT2D eigenvalue weighted by Gasteiger charge is 2.10. The third-order valence-corrected chi connectivity index (χ3v) is 2.21. The molecule has 0 fully saturated rings. The maximum atomic E-state index is 10.8. The monoisotopic (exact) mass is 174 g/mol. The number of nitrogens with one attached hydrogen (secondary N) is 1. The molecule has 0 atom stereocenters. The van der Waals surface area contributed by atoms with Crippen molar-refractivity contribution in [3.05, 3.63) is 24.5 Å². The first-order chi connectivity index (χ1) is 5.17. The predicted octanol–water partition coefficient (Wildman–Crippen LogP) is -0.251. The van der Waals surface area contributed by atoms with E-state index < -0.39 is 10.0 Å². The lowest BCUT2D eigenvalue weighted by atomic mass is 10.5. The highest BCUT2D eigenvalue weighted by atomic mass is 32.2. The van der Waals surface area contributed by atoms with E-state index in [0.29, 0.717) is 0 Å². The normalized spacial score (nSPS) is 11.4. The molecule has 0 aliphatic rings. The summed E-state index contributed by atoms with van der Waals surface area (Å²) in [6, 6.07) is 2.55. The Morgan fingerprint density at radius 3 is 2.36 bits per heavy atom. The molecule has 6 heteroatoms. The van der Waals surface area contributed by atoms with Gasteiger partial charge >= 0.3 is 0 Å². The second-order valence-corrected chi connectivity index (χ2v) is 3.44. The molecule has 60 valence electrons. The average molecular weight is 174 g/mol. The van der Waals surface area contributed by atoms with Crippen LogP contribution >= 0.6 is 0 Å². The van der Waals surface area contributed by atoms with E-state index in [2.05, 4.69) is 4.98 Å². The Morgan fingerprint density at radius 1 is 1.36 bits per heavy atom. The predicted molar refractivity (Wildman–Crippen MR) is 36.3 cm³/mol. The second-order valence-electron chi connectivity index (χ2n) is 1.78. The Labute approximate surface area is 63.7 Å². The molecule has 0 unspecified atom stereocenters. The number of hydrogen-bond donors (Lipinski definition) is 2. The van der Waals surface area contributed by atoms with Crippen LogP contribution in [0.25, 0.3) is 0 Å². The third-order valence-electron chi connectivity index (χ3n) is 1.08. The van der Waals surface area contributed by atoms with E-state index in [0.717, 1.165) is 0 Å². The molecule has 0 aromatic carbocycles. The van der Waals surface area contributed by atoms with Gasteiger partial charge in [0.25, 0.3) is 10.0 Å². The quantitative estimate of drug-likeness (QED) is 0.606. The first-order valence-electron chi connectivity index (χ1n) is 2.73. The smallest absolute Gasteiger partial charge is 0.262 e. The van der Waals surface area contributed by atoms with Gasteiger partial charge in [0.1, 0.15) is 0 Å². The largest absolute Gasteiger partial charge is 0.302 e. The minimum absolute atomic E-state index is 0.0185. The first kappa shape index (κ1) is 8.12. The van der Waals surface area contributed by atoms with Crippen molar-refractivity contribution in [2.24, 2.45) is 0 Å². The molecule has 0 bridgehead atoms. The van der Waals surface area contributed by atoms with Crippen LogP contribution in [-0.2, 0) is 10.0 Å². The van der Waals surface area contributed by atoms with E-state index in [4.69, 9.17) is 5.21 Å². The van der Waals surface area contributed by atoms with Crippen LogP contribution in [0.3, 0.4) is 0 Å². The summed E-state index contributed by atoms with van der Waals surface area (Å²) in [7, 11) is -3.73. The Morgan fingerprint density at radius 2 is 1.91 bits per heavy atom. The summed E-state index contributed by atoms with van der Waals surface area (Å²) in [5.74, 6) is 0. The van der Waals surface area contributed by atoms with Crippen molar-refractivity contribution in [3.63, 3.8) is 0 Å². The number of hydrogen-bond acceptors (Lipinski definition) is 4. The fraction of sp³-hybridized carbons (Fsp3) is 0. The van der Waals surface area contributed by atoms with Crippen LogP contribution in [0.5, 0.6) is 0 Å². The van der Waals surface area contributed by atoms with Gasteiger partial charge in [-0.05, 0) is 12.1 Å². The maximum Gasteiger partial charge on any atom is 0.262 e. The minimum atomic E-state index is -3.73. The summed E-state index contributed by atoms with van der Waals surface area (Å²) < 4.78 is 21.6. The Kier molecular flexibility index (Phi) is 2.18. The van der Waals surface area contributed by atoms with Gasteiger partial charge in [-0.1, -0.05) is 4.89 Å². The summed E-state index contributed by atoms with van der Waals surface area (Å²) in [4.78, 5) is 4.80. The molecule has 0 saturated carbocycles. The van der Waals surface area contributed by atoms with Gasteiger partial charge < -0.3 is 5.21 Å². The van der Waals surface area contributed by atoms with E-state index in [-0.39, 0.29) is 4.90 Å². The molecular formula is C5H6N2O3S. The van der Waals surface area contributed by atoms with E-state index in [9.17, 15) is 8.42 Å². The van der Waals surface area contributed by atoms with Gasteiger partial charge in [-0.25, -0.2) is 8.42 Å². The second kappa shape index (κ2) is 2.95. The molecule has 0 aliphatic carbocycles. The molecule has 1 aromatic rings. The van der Waals surface area contributed by atoms with Crippen LogP contribution in [0.4, 0.5) is 0 Å². The molecular weight excluding hydrogens is 168 g/mol. The van der Waals surface area contributed by atoms with E-state index >= 15 is 0 Å². The Bertz CT molecular complexity index is 321. The lowest BCUT2D eigenvalue weighted by Crippen LogP contribution is -2.19. The molecule has 0 radical (unpaired) electrons. The molecule has 11 heavy (non-hydrogen) atoms. The lowest BCUT2D eigenvalue weighted by molar-refractivity contribution is 0.242. The average Bonchev–Trinajstić information content (AvgIpc) is 2.06. The van der Waals surface area contributed by atoms with Gasteiger partial charge in [0.15, 0.2) is 0 Å². The van der Waals surface area contributed by atoms with Gasteiger partial charge in [0.05, 0.1) is 4.90 Å². The molecule has 2 N–H and O–H groups in total. The zero-order chi connectivity index (χ0) is 8.32. The number of sulfonamides is 1. The summed E-state index contributed by atoms with van der Waals surface area (Å²) in [6.07, 6.45) is 2.65. The number of nitrogens with zero attached hydrogens (tertiary/aromatic N) is 1. The zero-order valence-electron chi connectivity index (χ0n) is 5.43. The standard InChI is InChI=1S/C5H6N2O3S/c8-7-11(9,10)5-1-3-6-4-2-5/h1-4,7-8H. The maximum absolute atomic E-state index is 10.8. The first-order valence-corrected chi connectivity index (χ1v) is 4.21. The Balaban J connectivity index is 3.14. The lowest BCUT2D eigenvalue weighted by Gasteiger charge is -1.97. The molecule has 5 nitrogen and oxygen atoms in total. The van der Waals surface area contributed by atoms with Crippen LogP contribution < -0.4 is 4.89 Å². The molecule has 0 amide bonds. The number of rotatable bonds is 2. The fourth-order valence-corrected chi connectivity index (χ4v) is 1.16. The minimum Gasteiger partial charge on any atom is -0.302 e.